The second kappa shape index (κ2) is 6.34. The number of hydrogen-bond donors (Lipinski definition) is 0. The van der Waals surface area contributed by atoms with Crippen molar-refractivity contribution in [2.45, 2.75) is 32.1 Å². The summed E-state index contributed by atoms with van der Waals surface area (Å²) in [7, 11) is 0. The molecule has 25 heavy (non-hydrogen) atoms. The van der Waals surface area contributed by atoms with Crippen molar-refractivity contribution < 1.29 is 13.6 Å². The number of halogens is 2. The Labute approximate surface area is 146 Å². The zero-order valence-corrected chi connectivity index (χ0v) is 14.5. The molecule has 0 amide bonds. The predicted molar refractivity (Wildman–Crippen MR) is 91.2 cm³/mol. The highest BCUT2D eigenvalue weighted by atomic mass is 19.3. The van der Waals surface area contributed by atoms with Gasteiger partial charge >= 0.3 is 0 Å². The molecule has 0 unspecified atom stereocenters. The highest BCUT2D eigenvalue weighted by molar-refractivity contribution is 6.04. The Morgan fingerprint density at radius 2 is 2.00 bits per heavy atom. The highest BCUT2D eigenvalue weighted by Crippen LogP contribution is 2.53. The molecule has 1 fully saturated rings. The van der Waals surface area contributed by atoms with Gasteiger partial charge in [-0.15, -0.1) is 0 Å². The number of piperidine rings is 1. The van der Waals surface area contributed by atoms with Crippen molar-refractivity contribution in [3.05, 3.63) is 47.5 Å². The van der Waals surface area contributed by atoms with Crippen LogP contribution in [0, 0.1) is 22.7 Å². The van der Waals surface area contributed by atoms with Crippen LogP contribution >= 0.6 is 0 Å². The van der Waals surface area contributed by atoms with Gasteiger partial charge < -0.3 is 0 Å². The van der Waals surface area contributed by atoms with Crippen LogP contribution in [0.25, 0.3) is 0 Å². The van der Waals surface area contributed by atoms with Crippen LogP contribution in [0.1, 0.15) is 25.8 Å². The average Bonchev–Trinajstić information content (AvgIpc) is 2.58. The Morgan fingerprint density at radius 3 is 2.60 bits per heavy atom. The molecule has 0 radical (unpaired) electrons. The second-order valence-corrected chi connectivity index (χ2v) is 7.59. The summed E-state index contributed by atoms with van der Waals surface area (Å²) in [5, 5.41) is 9.48. The first-order chi connectivity index (χ1) is 11.8. The summed E-state index contributed by atoms with van der Waals surface area (Å²) < 4.78 is 25.9. The van der Waals surface area contributed by atoms with Gasteiger partial charge in [0, 0.05) is 17.4 Å². The molecular formula is C20H22F2N2O. The van der Waals surface area contributed by atoms with E-state index in [2.05, 4.69) is 0 Å². The van der Waals surface area contributed by atoms with Gasteiger partial charge in [-0.25, -0.2) is 8.78 Å². The maximum atomic E-state index is 13.0. The molecule has 2 aliphatic rings. The summed E-state index contributed by atoms with van der Waals surface area (Å²) >= 11 is 0. The van der Waals surface area contributed by atoms with Crippen molar-refractivity contribution in [1.29, 1.82) is 5.26 Å². The van der Waals surface area contributed by atoms with Crippen molar-refractivity contribution >= 4 is 5.78 Å². The molecule has 1 aliphatic carbocycles. The molecule has 1 heterocycles. The van der Waals surface area contributed by atoms with Crippen LogP contribution in [0.2, 0.25) is 0 Å². The highest BCUT2D eigenvalue weighted by Gasteiger charge is 2.56. The number of fused-ring (bicyclic) bond motifs is 1. The Hall–Kier alpha value is -2.06. The van der Waals surface area contributed by atoms with Crippen LogP contribution in [0.4, 0.5) is 8.78 Å². The molecule has 0 spiro atoms. The molecule has 5 heteroatoms. The van der Waals surface area contributed by atoms with Crippen LogP contribution in [-0.4, -0.2) is 36.7 Å². The van der Waals surface area contributed by atoms with Crippen LogP contribution in [0.15, 0.2) is 42.0 Å². The first-order valence-electron chi connectivity index (χ1n) is 8.55. The third-order valence-electron chi connectivity index (χ3n) is 5.77. The van der Waals surface area contributed by atoms with E-state index in [1.807, 2.05) is 50.2 Å². The number of allylic oxidation sites excluding steroid dienone is 1. The lowest BCUT2D eigenvalue weighted by atomic mass is 9.52. The number of nitriles is 1. The van der Waals surface area contributed by atoms with E-state index in [0.717, 1.165) is 5.56 Å². The lowest BCUT2D eigenvalue weighted by Crippen LogP contribution is -2.59. The first-order valence-corrected chi connectivity index (χ1v) is 8.55. The number of likely N-dealkylation sites (tertiary alicyclic amines) is 1. The molecule has 132 valence electrons. The molecule has 0 N–H and O–H groups in total. The van der Waals surface area contributed by atoms with Gasteiger partial charge in [-0.3, -0.25) is 9.69 Å². The van der Waals surface area contributed by atoms with E-state index >= 15 is 0 Å². The zero-order valence-electron chi connectivity index (χ0n) is 14.5. The number of nitrogens with zero attached hydrogens (tertiary/aromatic N) is 2. The largest absolute Gasteiger partial charge is 0.297 e. The summed E-state index contributed by atoms with van der Waals surface area (Å²) in [6, 6.07) is 11.7. The molecule has 1 saturated heterocycles. The molecule has 2 atom stereocenters. The summed E-state index contributed by atoms with van der Waals surface area (Å²) in [5.74, 6) is -0.171. The van der Waals surface area contributed by atoms with Crippen molar-refractivity contribution in [3.63, 3.8) is 0 Å². The fraction of sp³-hybridized carbons (Fsp3) is 0.500. The van der Waals surface area contributed by atoms with Crippen molar-refractivity contribution in [2.75, 3.05) is 19.6 Å². The normalized spacial score (nSPS) is 29.0. The molecule has 0 aromatic heterocycles. The molecule has 1 aliphatic heterocycles. The minimum atomic E-state index is -2.40. The first kappa shape index (κ1) is 17.8. The van der Waals surface area contributed by atoms with E-state index < -0.39 is 17.3 Å². The lowest BCUT2D eigenvalue weighted by Gasteiger charge is -2.54. The van der Waals surface area contributed by atoms with E-state index in [9.17, 15) is 18.8 Å². The fourth-order valence-corrected chi connectivity index (χ4v) is 4.67. The van der Waals surface area contributed by atoms with Gasteiger partial charge in [0.2, 0.25) is 0 Å². The third-order valence-corrected chi connectivity index (χ3v) is 5.77. The summed E-state index contributed by atoms with van der Waals surface area (Å²) in [4.78, 5) is 14.5. The Balaban J connectivity index is 2.17. The maximum absolute atomic E-state index is 13.0. The van der Waals surface area contributed by atoms with Gasteiger partial charge in [-0.2, -0.15) is 5.26 Å². The number of alkyl halides is 2. The number of carbonyl (C=O) groups is 1. The molecule has 0 bridgehead atoms. The third kappa shape index (κ3) is 2.89. The molecule has 0 saturated carbocycles. The van der Waals surface area contributed by atoms with Gasteiger partial charge in [0.25, 0.3) is 6.43 Å². The van der Waals surface area contributed by atoms with Gasteiger partial charge in [-0.1, -0.05) is 50.3 Å². The molecule has 3 rings (SSSR count). The topological polar surface area (TPSA) is 44.1 Å². The number of rotatable bonds is 3. The summed E-state index contributed by atoms with van der Waals surface area (Å²) in [6.45, 7) is 4.41. The van der Waals surface area contributed by atoms with Crippen molar-refractivity contribution in [3.8, 4) is 6.07 Å². The van der Waals surface area contributed by atoms with Crippen LogP contribution < -0.4 is 0 Å². The SMILES string of the molecule is CC1(C)C(=O)C(C#N)=C[C@@]2(c3ccccc3)CN(CC(F)F)CC[C@H]12. The maximum Gasteiger partial charge on any atom is 0.251 e. The van der Waals surface area contributed by atoms with Gasteiger partial charge in [-0.05, 0) is 24.4 Å². The lowest BCUT2D eigenvalue weighted by molar-refractivity contribution is -0.130. The Bertz CT molecular complexity index is 736. The van der Waals surface area contributed by atoms with E-state index in [4.69, 9.17) is 0 Å². The molecule has 1 aromatic rings. The summed E-state index contributed by atoms with van der Waals surface area (Å²) in [5.41, 5.74) is -0.181. The number of Topliss-reactive ketones (excluding diaryl/α,β-unsaturated/α-hetero) is 1. The molecule has 3 nitrogen and oxygen atoms in total. The molecular weight excluding hydrogens is 322 g/mol. The zero-order chi connectivity index (χ0) is 18.2. The minimum Gasteiger partial charge on any atom is -0.297 e. The number of benzene rings is 1. The molecule has 1 aromatic carbocycles. The van der Waals surface area contributed by atoms with Crippen molar-refractivity contribution in [2.24, 2.45) is 11.3 Å². The van der Waals surface area contributed by atoms with Crippen LogP contribution in [-0.2, 0) is 10.2 Å². The smallest absolute Gasteiger partial charge is 0.251 e. The van der Waals surface area contributed by atoms with Crippen LogP contribution in [0.5, 0.6) is 0 Å². The number of ketones is 1. The Morgan fingerprint density at radius 1 is 1.32 bits per heavy atom. The standard InChI is InChI=1S/C20H22F2N2O/c1-19(2)16-8-9-24(12-17(21)22)13-20(16,10-14(11-23)18(19)25)15-6-4-3-5-7-15/h3-7,10,16-17H,8-9,12-13H2,1-2H3/t16-,20+/m1/s1. The van der Waals surface area contributed by atoms with Crippen LogP contribution in [0.3, 0.4) is 0 Å². The summed E-state index contributed by atoms with van der Waals surface area (Å²) in [6.07, 6.45) is -0.00430. The van der Waals surface area contributed by atoms with Gasteiger partial charge in [0.1, 0.15) is 6.07 Å². The van der Waals surface area contributed by atoms with E-state index in [-0.39, 0.29) is 23.8 Å². The average molecular weight is 344 g/mol. The Kier molecular flexibility index (Phi) is 4.51. The van der Waals surface area contributed by atoms with Gasteiger partial charge in [0.15, 0.2) is 5.78 Å². The van der Waals surface area contributed by atoms with E-state index in [1.54, 1.807) is 11.0 Å². The monoisotopic (exact) mass is 344 g/mol. The predicted octanol–water partition coefficient (Wildman–Crippen LogP) is 3.57. The fourth-order valence-electron chi connectivity index (χ4n) is 4.67. The number of hydrogen-bond acceptors (Lipinski definition) is 3. The van der Waals surface area contributed by atoms with Gasteiger partial charge in [0.05, 0.1) is 12.1 Å². The quantitative estimate of drug-likeness (QED) is 0.842. The minimum absolute atomic E-state index is 0.0269. The van der Waals surface area contributed by atoms with E-state index in [1.165, 1.54) is 0 Å². The van der Waals surface area contributed by atoms with E-state index in [0.29, 0.717) is 19.5 Å². The number of carbonyl (C=O) groups excluding carboxylic acids is 1. The van der Waals surface area contributed by atoms with Crippen molar-refractivity contribution in [1.82, 2.24) is 4.90 Å². The second-order valence-electron chi connectivity index (χ2n) is 7.59.